The van der Waals surface area contributed by atoms with Gasteiger partial charge in [0, 0.05) is 17.7 Å². The van der Waals surface area contributed by atoms with Gasteiger partial charge < -0.3 is 19.3 Å². The van der Waals surface area contributed by atoms with Crippen molar-refractivity contribution in [3.63, 3.8) is 0 Å². The van der Waals surface area contributed by atoms with Gasteiger partial charge in [0.1, 0.15) is 6.07 Å². The number of nitriles is 1. The number of aromatic nitrogens is 1. The fourth-order valence-corrected chi connectivity index (χ4v) is 4.07. The largest absolute Gasteiger partial charge is 0.392 e. The fraction of sp³-hybridized carbons (Fsp3) is 0.429. The van der Waals surface area contributed by atoms with Crippen LogP contribution in [0.5, 0.6) is 0 Å². The first-order chi connectivity index (χ1) is 16.5. The lowest BCUT2D eigenvalue weighted by atomic mass is 10.2. The number of azide groups is 1. The predicted molar refractivity (Wildman–Crippen MR) is 122 cm³/mol. The molecular weight excluding hydrogens is 464 g/mol. The van der Waals surface area contributed by atoms with E-state index in [1.165, 1.54) is 22.6 Å². The Kier molecular flexibility index (Phi) is 11.8. The standard InChI is InChI=1S/C21H26N6O6S/c22-15-19-3-6-21(24-16-19)34(29,30)27(20-4-1-18(17-28)2-5-20)8-10-32-12-14-33-13-11-31-9-7-25-26-23/h1-6,16,28H,7-14,17H2. The van der Waals surface area contributed by atoms with Gasteiger partial charge in [0.25, 0.3) is 10.0 Å². The van der Waals surface area contributed by atoms with Crippen molar-refractivity contribution in [2.45, 2.75) is 11.6 Å². The number of nitrogens with zero attached hydrogens (tertiary/aromatic N) is 6. The molecule has 0 fully saturated rings. The van der Waals surface area contributed by atoms with E-state index in [0.717, 1.165) is 0 Å². The maximum Gasteiger partial charge on any atom is 0.281 e. The molecule has 0 aliphatic rings. The molecule has 13 heteroatoms. The highest BCUT2D eigenvalue weighted by molar-refractivity contribution is 7.92. The monoisotopic (exact) mass is 490 g/mol. The van der Waals surface area contributed by atoms with E-state index in [-0.39, 0.29) is 43.5 Å². The Bertz CT molecular complexity index is 1070. The van der Waals surface area contributed by atoms with Crippen LogP contribution in [0.15, 0.2) is 52.7 Å². The van der Waals surface area contributed by atoms with Crippen LogP contribution in [0.1, 0.15) is 11.1 Å². The summed E-state index contributed by atoms with van der Waals surface area (Å²) in [5, 5.41) is 21.3. The number of benzene rings is 1. The zero-order chi connectivity index (χ0) is 24.7. The Balaban J connectivity index is 1.91. The van der Waals surface area contributed by atoms with Crippen molar-refractivity contribution in [3.05, 3.63) is 64.2 Å². The quantitative estimate of drug-likeness (QED) is 0.161. The zero-order valence-electron chi connectivity index (χ0n) is 18.5. The second kappa shape index (κ2) is 14.8. The van der Waals surface area contributed by atoms with Gasteiger partial charge in [-0.05, 0) is 35.4 Å². The van der Waals surface area contributed by atoms with Crippen molar-refractivity contribution in [3.8, 4) is 6.07 Å². The summed E-state index contributed by atoms with van der Waals surface area (Å²) in [5.41, 5.74) is 9.44. The van der Waals surface area contributed by atoms with Crippen molar-refractivity contribution < 1.29 is 27.7 Å². The van der Waals surface area contributed by atoms with E-state index in [4.69, 9.17) is 25.0 Å². The Labute approximate surface area is 198 Å². The van der Waals surface area contributed by atoms with Crippen molar-refractivity contribution in [1.82, 2.24) is 4.98 Å². The van der Waals surface area contributed by atoms with Crippen LogP contribution in [0, 0.1) is 11.3 Å². The summed E-state index contributed by atoms with van der Waals surface area (Å²) in [6.07, 6.45) is 1.20. The number of sulfonamides is 1. The smallest absolute Gasteiger partial charge is 0.281 e. The third-order valence-electron chi connectivity index (χ3n) is 4.41. The molecule has 0 unspecified atom stereocenters. The van der Waals surface area contributed by atoms with Crippen LogP contribution in [0.4, 0.5) is 5.69 Å². The van der Waals surface area contributed by atoms with Crippen LogP contribution in [0.2, 0.25) is 0 Å². The highest BCUT2D eigenvalue weighted by Gasteiger charge is 2.26. The van der Waals surface area contributed by atoms with Crippen LogP contribution >= 0.6 is 0 Å². The molecule has 0 amide bonds. The molecule has 0 radical (unpaired) electrons. The fourth-order valence-electron chi connectivity index (χ4n) is 2.71. The number of aliphatic hydroxyl groups excluding tert-OH is 1. The molecule has 1 heterocycles. The van der Waals surface area contributed by atoms with Crippen molar-refractivity contribution >= 4 is 15.7 Å². The van der Waals surface area contributed by atoms with E-state index in [0.29, 0.717) is 37.7 Å². The normalized spacial score (nSPS) is 10.9. The lowest BCUT2D eigenvalue weighted by molar-refractivity contribution is 0.0176. The molecule has 1 aromatic heterocycles. The van der Waals surface area contributed by atoms with Crippen molar-refractivity contribution in [2.24, 2.45) is 5.11 Å². The number of anilines is 1. The van der Waals surface area contributed by atoms with Gasteiger partial charge in [-0.2, -0.15) is 13.7 Å². The SMILES string of the molecule is N#Cc1ccc(S(=O)(=O)N(CCOCCOCCOCCN=[N+]=[N-])c2ccc(CO)cc2)nc1. The van der Waals surface area contributed by atoms with E-state index in [1.807, 2.05) is 6.07 Å². The summed E-state index contributed by atoms with van der Waals surface area (Å²) in [6.45, 7) is 1.80. The van der Waals surface area contributed by atoms with Gasteiger partial charge in [-0.15, -0.1) is 0 Å². The maximum absolute atomic E-state index is 13.2. The zero-order valence-corrected chi connectivity index (χ0v) is 19.3. The van der Waals surface area contributed by atoms with Gasteiger partial charge in [-0.25, -0.2) is 4.98 Å². The Morgan fingerprint density at radius 3 is 2.24 bits per heavy atom. The number of rotatable bonds is 16. The molecule has 1 aromatic carbocycles. The highest BCUT2D eigenvalue weighted by atomic mass is 32.2. The molecule has 0 bridgehead atoms. The van der Waals surface area contributed by atoms with E-state index < -0.39 is 10.0 Å². The number of ether oxygens (including phenoxy) is 3. The molecule has 0 atom stereocenters. The second-order valence-corrected chi connectivity index (χ2v) is 8.50. The lowest BCUT2D eigenvalue weighted by Gasteiger charge is -2.24. The van der Waals surface area contributed by atoms with Crippen LogP contribution in [-0.2, 0) is 30.8 Å². The van der Waals surface area contributed by atoms with Crippen LogP contribution in [0.3, 0.4) is 0 Å². The molecule has 0 spiro atoms. The summed E-state index contributed by atoms with van der Waals surface area (Å²) < 4.78 is 43.7. The molecule has 0 aliphatic carbocycles. The molecule has 1 N–H and O–H groups in total. The first-order valence-corrected chi connectivity index (χ1v) is 11.8. The first-order valence-electron chi connectivity index (χ1n) is 10.4. The number of hydrogen-bond donors (Lipinski definition) is 1. The molecule has 182 valence electrons. The van der Waals surface area contributed by atoms with Crippen molar-refractivity contribution in [2.75, 3.05) is 57.0 Å². The third-order valence-corrected chi connectivity index (χ3v) is 6.15. The number of hydrogen-bond acceptors (Lipinski definition) is 9. The third kappa shape index (κ3) is 8.60. The van der Waals surface area contributed by atoms with Gasteiger partial charge in [-0.3, -0.25) is 4.31 Å². The summed E-state index contributed by atoms with van der Waals surface area (Å²) in [4.78, 5) is 6.54. The Morgan fingerprint density at radius 2 is 1.68 bits per heavy atom. The van der Waals surface area contributed by atoms with Crippen LogP contribution in [0.25, 0.3) is 10.4 Å². The average Bonchev–Trinajstić information content (AvgIpc) is 2.87. The van der Waals surface area contributed by atoms with Crippen LogP contribution in [-0.4, -0.2) is 71.2 Å². The van der Waals surface area contributed by atoms with Gasteiger partial charge >= 0.3 is 0 Å². The Hall–Kier alpha value is -3.24. The van der Waals surface area contributed by atoms with Gasteiger partial charge in [0.15, 0.2) is 5.03 Å². The second-order valence-electron chi connectivity index (χ2n) is 6.69. The van der Waals surface area contributed by atoms with E-state index in [9.17, 15) is 13.5 Å². The van der Waals surface area contributed by atoms with Crippen LogP contribution < -0.4 is 4.31 Å². The minimum absolute atomic E-state index is 0.0189. The van der Waals surface area contributed by atoms with E-state index in [2.05, 4.69) is 15.0 Å². The van der Waals surface area contributed by atoms with Gasteiger partial charge in [0.05, 0.1) is 64.0 Å². The van der Waals surface area contributed by atoms with Gasteiger partial charge in [-0.1, -0.05) is 17.2 Å². The lowest BCUT2D eigenvalue weighted by Crippen LogP contribution is -2.35. The molecule has 2 rings (SSSR count). The van der Waals surface area contributed by atoms with E-state index >= 15 is 0 Å². The highest BCUT2D eigenvalue weighted by Crippen LogP contribution is 2.23. The van der Waals surface area contributed by atoms with Gasteiger partial charge in [0.2, 0.25) is 0 Å². The summed E-state index contributed by atoms with van der Waals surface area (Å²) in [5.74, 6) is 0. The molecule has 12 nitrogen and oxygen atoms in total. The minimum Gasteiger partial charge on any atom is -0.392 e. The maximum atomic E-state index is 13.2. The minimum atomic E-state index is -4.02. The molecule has 34 heavy (non-hydrogen) atoms. The predicted octanol–water partition coefficient (Wildman–Crippen LogP) is 2.00. The molecule has 0 saturated carbocycles. The Morgan fingerprint density at radius 1 is 1.03 bits per heavy atom. The summed E-state index contributed by atoms with van der Waals surface area (Å²) >= 11 is 0. The molecule has 0 aliphatic heterocycles. The summed E-state index contributed by atoms with van der Waals surface area (Å²) in [6, 6.07) is 11.0. The van der Waals surface area contributed by atoms with E-state index in [1.54, 1.807) is 24.3 Å². The summed E-state index contributed by atoms with van der Waals surface area (Å²) in [7, 11) is -4.02. The molecule has 0 saturated heterocycles. The topological polar surface area (TPSA) is 171 Å². The number of aliphatic hydroxyl groups is 1. The number of pyridine rings is 1. The van der Waals surface area contributed by atoms with Crippen molar-refractivity contribution in [1.29, 1.82) is 5.26 Å². The molecular formula is C21H26N6O6S. The molecule has 2 aromatic rings. The first kappa shape index (κ1) is 27.0. The average molecular weight is 491 g/mol.